The monoisotopic (exact) mass is 266 g/mol. The van der Waals surface area contributed by atoms with Gasteiger partial charge < -0.3 is 5.11 Å². The first kappa shape index (κ1) is 12.1. The molecule has 17 heavy (non-hydrogen) atoms. The van der Waals surface area contributed by atoms with Crippen LogP contribution in [0, 0.1) is 13.8 Å². The number of hydrogen-bond acceptors (Lipinski definition) is 5. The Kier molecular flexibility index (Phi) is 3.44. The fraction of sp³-hybridized carbons (Fsp3) is 0.182. The van der Waals surface area contributed by atoms with Crippen LogP contribution in [0.4, 0.5) is 0 Å². The van der Waals surface area contributed by atoms with Crippen LogP contribution in [0.15, 0.2) is 26.9 Å². The van der Waals surface area contributed by atoms with Crippen molar-refractivity contribution in [2.75, 3.05) is 0 Å². The minimum atomic E-state index is -0.965. The van der Waals surface area contributed by atoms with Gasteiger partial charge in [-0.25, -0.2) is 9.78 Å². The summed E-state index contributed by atoms with van der Waals surface area (Å²) in [6, 6.07) is 1.77. The van der Waals surface area contributed by atoms with Crippen molar-refractivity contribution in [3.05, 3.63) is 34.6 Å². The van der Waals surface area contributed by atoms with E-state index >= 15 is 0 Å². The second-order valence-corrected chi connectivity index (χ2v) is 5.63. The van der Waals surface area contributed by atoms with Crippen LogP contribution in [0.2, 0.25) is 0 Å². The van der Waals surface area contributed by atoms with Gasteiger partial charge in [-0.2, -0.15) is 0 Å². The molecule has 2 heterocycles. The Morgan fingerprint density at radius 3 is 2.76 bits per heavy atom. The van der Waals surface area contributed by atoms with Crippen molar-refractivity contribution in [2.24, 2.45) is 0 Å². The smallest absolute Gasteiger partial charge is 0.338 e. The largest absolute Gasteiger partial charge is 0.478 e. The maximum Gasteiger partial charge on any atom is 0.338 e. The number of aromatic carboxylic acids is 1. The molecule has 6 heteroatoms. The summed E-state index contributed by atoms with van der Waals surface area (Å²) in [5, 5.41) is 11.0. The number of carboxylic acids is 1. The van der Waals surface area contributed by atoms with Gasteiger partial charge in [-0.1, -0.05) is 11.8 Å². The number of aryl methyl sites for hydroxylation is 2. The maximum absolute atomic E-state index is 11.1. The van der Waals surface area contributed by atoms with Crippen molar-refractivity contribution in [3.63, 3.8) is 0 Å². The van der Waals surface area contributed by atoms with Crippen LogP contribution in [0.25, 0.3) is 0 Å². The lowest BCUT2D eigenvalue weighted by molar-refractivity contribution is 0.0692. The predicted octanol–water partition coefficient (Wildman–Crippen LogP) is 3.00. The van der Waals surface area contributed by atoms with E-state index in [1.54, 1.807) is 6.07 Å². The van der Waals surface area contributed by atoms with E-state index in [1.807, 2.05) is 19.2 Å². The first-order chi connectivity index (χ1) is 8.06. The van der Waals surface area contributed by atoms with Gasteiger partial charge >= 0.3 is 5.97 Å². The van der Waals surface area contributed by atoms with Crippen LogP contribution in [0.1, 0.15) is 21.7 Å². The number of nitrogens with zero attached hydrogens (tertiary/aromatic N) is 2. The van der Waals surface area contributed by atoms with Crippen molar-refractivity contribution < 1.29 is 9.90 Å². The third-order valence-corrected chi connectivity index (χ3v) is 4.14. The molecule has 0 aliphatic carbocycles. The first-order valence-corrected chi connectivity index (χ1v) is 6.56. The Morgan fingerprint density at radius 1 is 1.41 bits per heavy atom. The summed E-state index contributed by atoms with van der Waals surface area (Å²) < 4.78 is 0.843. The van der Waals surface area contributed by atoms with Crippen molar-refractivity contribution in [2.45, 2.75) is 23.1 Å². The third kappa shape index (κ3) is 2.83. The fourth-order valence-electron chi connectivity index (χ4n) is 1.25. The normalized spacial score (nSPS) is 10.5. The Hall–Kier alpha value is -1.40. The van der Waals surface area contributed by atoms with Crippen molar-refractivity contribution >= 4 is 29.1 Å². The average molecular weight is 266 g/mol. The van der Waals surface area contributed by atoms with Crippen LogP contribution in [-0.2, 0) is 0 Å². The summed E-state index contributed by atoms with van der Waals surface area (Å²) in [5.41, 5.74) is 1.96. The number of aromatic nitrogens is 2. The van der Waals surface area contributed by atoms with E-state index < -0.39 is 5.97 Å². The van der Waals surface area contributed by atoms with E-state index in [1.165, 1.54) is 29.3 Å². The summed E-state index contributed by atoms with van der Waals surface area (Å²) in [5.74, 6) is -0.965. The highest BCUT2D eigenvalue weighted by Gasteiger charge is 2.13. The molecular formula is C11H10N2O2S2. The van der Waals surface area contributed by atoms with Gasteiger partial charge in [-0.05, 0) is 19.9 Å². The molecule has 1 N–H and O–H groups in total. The van der Waals surface area contributed by atoms with Gasteiger partial charge in [0.15, 0.2) is 4.34 Å². The summed E-state index contributed by atoms with van der Waals surface area (Å²) in [7, 11) is 0. The zero-order valence-electron chi connectivity index (χ0n) is 9.30. The van der Waals surface area contributed by atoms with Gasteiger partial charge in [0.1, 0.15) is 0 Å². The molecule has 0 saturated heterocycles. The minimum Gasteiger partial charge on any atom is -0.478 e. The molecule has 0 amide bonds. The maximum atomic E-state index is 11.1. The van der Waals surface area contributed by atoms with Gasteiger partial charge in [0.2, 0.25) is 0 Å². The molecule has 2 rings (SSSR count). The molecule has 0 bridgehead atoms. The van der Waals surface area contributed by atoms with Gasteiger partial charge in [0.25, 0.3) is 0 Å². The van der Waals surface area contributed by atoms with Crippen molar-refractivity contribution in [1.29, 1.82) is 0 Å². The van der Waals surface area contributed by atoms with Crippen LogP contribution in [0.5, 0.6) is 0 Å². The molecule has 0 spiro atoms. The minimum absolute atomic E-state index is 0.216. The Balaban J connectivity index is 2.37. The van der Waals surface area contributed by atoms with Gasteiger partial charge in [-0.15, -0.1) is 11.3 Å². The van der Waals surface area contributed by atoms with Crippen LogP contribution in [-0.4, -0.2) is 21.0 Å². The topological polar surface area (TPSA) is 63.1 Å². The average Bonchev–Trinajstić information content (AvgIpc) is 2.63. The number of carbonyl (C=O) groups is 1. The molecule has 2 aromatic heterocycles. The van der Waals surface area contributed by atoms with E-state index in [-0.39, 0.29) is 5.56 Å². The summed E-state index contributed by atoms with van der Waals surface area (Å²) in [6.45, 7) is 3.75. The van der Waals surface area contributed by atoms with Gasteiger partial charge in [0, 0.05) is 27.9 Å². The second-order valence-electron chi connectivity index (χ2n) is 3.48. The standard InChI is InChI=1S/C11H10N2O2S2/c1-6-3-9(8(4-12-6)10(14)15)17-11-13-7(2)5-16-11/h3-5H,1-2H3,(H,14,15). The van der Waals surface area contributed by atoms with Gasteiger partial charge in [0.05, 0.1) is 5.56 Å². The first-order valence-electron chi connectivity index (χ1n) is 4.86. The quantitative estimate of drug-likeness (QED) is 0.925. The van der Waals surface area contributed by atoms with Crippen molar-refractivity contribution in [1.82, 2.24) is 9.97 Å². The molecule has 0 radical (unpaired) electrons. The van der Waals surface area contributed by atoms with Crippen LogP contribution >= 0.6 is 23.1 Å². The van der Waals surface area contributed by atoms with Crippen molar-refractivity contribution in [3.8, 4) is 0 Å². The molecule has 0 aliphatic rings. The molecule has 4 nitrogen and oxygen atoms in total. The SMILES string of the molecule is Cc1cc(Sc2nc(C)cs2)c(C(=O)O)cn1. The van der Waals surface area contributed by atoms with E-state index in [9.17, 15) is 4.79 Å². The van der Waals surface area contributed by atoms with Gasteiger partial charge in [-0.3, -0.25) is 4.98 Å². The van der Waals surface area contributed by atoms with Crippen LogP contribution < -0.4 is 0 Å². The summed E-state index contributed by atoms with van der Waals surface area (Å²) in [6.07, 6.45) is 1.39. The summed E-state index contributed by atoms with van der Waals surface area (Å²) >= 11 is 2.87. The Morgan fingerprint density at radius 2 is 2.18 bits per heavy atom. The molecule has 0 aromatic carbocycles. The molecule has 88 valence electrons. The lowest BCUT2D eigenvalue weighted by Crippen LogP contribution is -2.00. The highest BCUT2D eigenvalue weighted by Crippen LogP contribution is 2.32. The third-order valence-electron chi connectivity index (χ3n) is 2.03. The molecular weight excluding hydrogens is 256 g/mol. The van der Waals surface area contributed by atoms with E-state index in [2.05, 4.69) is 9.97 Å². The molecule has 0 unspecified atom stereocenters. The zero-order valence-corrected chi connectivity index (χ0v) is 10.9. The lowest BCUT2D eigenvalue weighted by Gasteiger charge is -2.03. The second kappa shape index (κ2) is 4.85. The highest BCUT2D eigenvalue weighted by atomic mass is 32.2. The van der Waals surface area contributed by atoms with E-state index in [0.717, 1.165) is 15.7 Å². The Bertz CT molecular complexity index is 566. The molecule has 0 fully saturated rings. The molecule has 2 aromatic rings. The molecule has 0 atom stereocenters. The molecule has 0 aliphatic heterocycles. The number of carboxylic acid groups (broad SMARTS) is 1. The molecule has 0 saturated carbocycles. The predicted molar refractivity (Wildman–Crippen MR) is 66.9 cm³/mol. The Labute approximate surface area is 107 Å². The summed E-state index contributed by atoms with van der Waals surface area (Å²) in [4.78, 5) is 20.0. The number of thiazole rings is 1. The van der Waals surface area contributed by atoms with E-state index in [4.69, 9.17) is 5.11 Å². The number of pyridine rings is 1. The van der Waals surface area contributed by atoms with E-state index in [0.29, 0.717) is 4.90 Å². The highest BCUT2D eigenvalue weighted by molar-refractivity contribution is 8.01. The van der Waals surface area contributed by atoms with Crippen LogP contribution in [0.3, 0.4) is 0 Å². The number of hydrogen-bond donors (Lipinski definition) is 1. The zero-order chi connectivity index (χ0) is 12.4. The fourth-order valence-corrected chi connectivity index (χ4v) is 3.24. The number of rotatable bonds is 3. The lowest BCUT2D eigenvalue weighted by atomic mass is 10.2.